The van der Waals surface area contributed by atoms with Crippen LogP contribution in [0.5, 0.6) is 0 Å². The highest BCUT2D eigenvalue weighted by Crippen LogP contribution is 2.22. The van der Waals surface area contributed by atoms with E-state index in [9.17, 15) is 18.0 Å². The molecule has 0 saturated carbocycles. The van der Waals surface area contributed by atoms with E-state index in [0.29, 0.717) is 28.9 Å². The minimum Gasteiger partial charge on any atom is -0.326 e. The van der Waals surface area contributed by atoms with Crippen LogP contribution in [0.15, 0.2) is 47.4 Å². The lowest BCUT2D eigenvalue weighted by molar-refractivity contribution is -0.123. The Labute approximate surface area is 165 Å². The molecule has 0 aromatic heterocycles. The van der Waals surface area contributed by atoms with Crippen LogP contribution in [0.2, 0.25) is 0 Å². The van der Waals surface area contributed by atoms with Gasteiger partial charge in [0.25, 0.3) is 5.91 Å². The number of sulfonamides is 1. The summed E-state index contributed by atoms with van der Waals surface area (Å²) >= 11 is 0. The largest absolute Gasteiger partial charge is 0.326 e. The number of primary sulfonamides is 1. The monoisotopic (exact) mass is 403 g/mol. The molecule has 2 rings (SSSR count). The molecule has 2 aromatic carbocycles. The summed E-state index contributed by atoms with van der Waals surface area (Å²) in [5.74, 6) is -0.602. The molecule has 0 aliphatic carbocycles. The molecule has 0 spiro atoms. The third kappa shape index (κ3) is 5.40. The summed E-state index contributed by atoms with van der Waals surface area (Å²) in [4.78, 5) is 24.7. The summed E-state index contributed by atoms with van der Waals surface area (Å²) in [5.41, 5.74) is 1.15. The first kappa shape index (κ1) is 21.6. The molecule has 2 aromatic rings. The molecule has 0 heterocycles. The molecule has 28 heavy (non-hydrogen) atoms. The molecule has 0 radical (unpaired) electrons. The zero-order valence-corrected chi connectivity index (χ0v) is 17.2. The first-order chi connectivity index (χ1) is 12.9. The number of carbonyl (C=O) groups excluding carboxylic acids is 2. The third-order valence-electron chi connectivity index (χ3n) is 4.08. The fraction of sp³-hybridized carbons (Fsp3) is 0.300. The van der Waals surface area contributed by atoms with Gasteiger partial charge in [-0.3, -0.25) is 9.59 Å². The van der Waals surface area contributed by atoms with Crippen molar-refractivity contribution < 1.29 is 18.0 Å². The normalized spacial score (nSPS) is 11.8. The number of benzene rings is 2. The van der Waals surface area contributed by atoms with Crippen LogP contribution >= 0.6 is 0 Å². The Morgan fingerprint density at radius 2 is 1.64 bits per heavy atom. The topological polar surface area (TPSA) is 118 Å². The van der Waals surface area contributed by atoms with Crippen LogP contribution in [0.4, 0.5) is 11.4 Å². The standard InChI is InChI=1S/C20H25N3O4S/c1-5-13-9-10-16(12-17(13)28(21,26)27)22-18(24)14-7-6-8-15(11-14)23-19(25)20(2,3)4/h6-12H,5H2,1-4H3,(H,22,24)(H,23,25)(H2,21,26,27). The van der Waals surface area contributed by atoms with E-state index in [0.717, 1.165) is 0 Å². The molecule has 0 fully saturated rings. The molecular formula is C20H25N3O4S. The number of amides is 2. The Hall–Kier alpha value is -2.71. The second-order valence-electron chi connectivity index (χ2n) is 7.46. The summed E-state index contributed by atoms with van der Waals surface area (Å²) in [6.45, 7) is 7.20. The maximum atomic E-state index is 12.6. The predicted octanol–water partition coefficient (Wildman–Crippen LogP) is 3.13. The van der Waals surface area contributed by atoms with Crippen molar-refractivity contribution >= 4 is 33.2 Å². The van der Waals surface area contributed by atoms with Crippen LogP contribution in [0.25, 0.3) is 0 Å². The number of nitrogens with two attached hydrogens (primary N) is 1. The molecule has 7 nitrogen and oxygen atoms in total. The highest BCUT2D eigenvalue weighted by atomic mass is 32.2. The summed E-state index contributed by atoms with van der Waals surface area (Å²) < 4.78 is 23.5. The number of hydrogen-bond donors (Lipinski definition) is 3. The van der Waals surface area contributed by atoms with Crippen molar-refractivity contribution in [3.63, 3.8) is 0 Å². The minimum atomic E-state index is -3.90. The van der Waals surface area contributed by atoms with Gasteiger partial charge in [-0.2, -0.15) is 0 Å². The number of nitrogens with one attached hydrogen (secondary N) is 2. The van der Waals surface area contributed by atoms with E-state index < -0.39 is 21.3 Å². The lowest BCUT2D eigenvalue weighted by Gasteiger charge is -2.18. The number of hydrogen-bond acceptors (Lipinski definition) is 4. The molecule has 0 saturated heterocycles. The second kappa shape index (κ2) is 8.12. The van der Waals surface area contributed by atoms with Crippen LogP contribution in [0.1, 0.15) is 43.6 Å². The average molecular weight is 404 g/mol. The van der Waals surface area contributed by atoms with Gasteiger partial charge in [-0.25, -0.2) is 13.6 Å². The Morgan fingerprint density at radius 3 is 2.21 bits per heavy atom. The first-order valence-corrected chi connectivity index (χ1v) is 10.3. The van der Waals surface area contributed by atoms with Gasteiger partial charge in [-0.1, -0.05) is 39.8 Å². The maximum Gasteiger partial charge on any atom is 0.255 e. The lowest BCUT2D eigenvalue weighted by atomic mass is 9.95. The van der Waals surface area contributed by atoms with Crippen molar-refractivity contribution in [2.75, 3.05) is 10.6 Å². The van der Waals surface area contributed by atoms with E-state index >= 15 is 0 Å². The highest BCUT2D eigenvalue weighted by molar-refractivity contribution is 7.89. The Kier molecular flexibility index (Phi) is 6.26. The van der Waals surface area contributed by atoms with Crippen molar-refractivity contribution in [3.8, 4) is 0 Å². The maximum absolute atomic E-state index is 12.6. The number of rotatable bonds is 5. The van der Waals surface area contributed by atoms with Crippen LogP contribution in [0, 0.1) is 5.41 Å². The van der Waals surface area contributed by atoms with E-state index in [1.54, 1.807) is 57.2 Å². The summed E-state index contributed by atoms with van der Waals surface area (Å²) in [5, 5.41) is 10.7. The van der Waals surface area contributed by atoms with Crippen LogP contribution in [-0.2, 0) is 21.2 Å². The SMILES string of the molecule is CCc1ccc(NC(=O)c2cccc(NC(=O)C(C)(C)C)c2)cc1S(N)(=O)=O. The van der Waals surface area contributed by atoms with Gasteiger partial charge in [0.2, 0.25) is 15.9 Å². The van der Waals surface area contributed by atoms with Crippen molar-refractivity contribution in [2.24, 2.45) is 10.6 Å². The van der Waals surface area contributed by atoms with E-state index in [2.05, 4.69) is 10.6 Å². The van der Waals surface area contributed by atoms with Gasteiger partial charge in [0.15, 0.2) is 0 Å². The number of aryl methyl sites for hydroxylation is 1. The van der Waals surface area contributed by atoms with Gasteiger partial charge >= 0.3 is 0 Å². The first-order valence-electron chi connectivity index (χ1n) is 8.80. The van der Waals surface area contributed by atoms with Gasteiger partial charge in [-0.15, -0.1) is 0 Å². The van der Waals surface area contributed by atoms with Crippen LogP contribution < -0.4 is 15.8 Å². The van der Waals surface area contributed by atoms with Gasteiger partial charge in [0.05, 0.1) is 4.90 Å². The smallest absolute Gasteiger partial charge is 0.255 e. The molecule has 4 N–H and O–H groups in total. The van der Waals surface area contributed by atoms with Gasteiger partial charge < -0.3 is 10.6 Å². The molecule has 0 aliphatic heterocycles. The number of anilines is 2. The molecule has 8 heteroatoms. The summed E-state index contributed by atoms with van der Waals surface area (Å²) in [6.07, 6.45) is 0.496. The highest BCUT2D eigenvalue weighted by Gasteiger charge is 2.21. The van der Waals surface area contributed by atoms with E-state index in [4.69, 9.17) is 5.14 Å². The van der Waals surface area contributed by atoms with E-state index in [1.807, 2.05) is 6.92 Å². The van der Waals surface area contributed by atoms with Crippen molar-refractivity contribution in [1.82, 2.24) is 0 Å². The van der Waals surface area contributed by atoms with Crippen molar-refractivity contribution in [3.05, 3.63) is 53.6 Å². The zero-order chi connectivity index (χ0) is 21.1. The lowest BCUT2D eigenvalue weighted by Crippen LogP contribution is -2.27. The Morgan fingerprint density at radius 1 is 1.00 bits per heavy atom. The fourth-order valence-corrected chi connectivity index (χ4v) is 3.32. The van der Waals surface area contributed by atoms with E-state index in [-0.39, 0.29) is 10.8 Å². The molecule has 0 atom stereocenters. The fourth-order valence-electron chi connectivity index (χ4n) is 2.45. The third-order valence-corrected chi connectivity index (χ3v) is 5.07. The molecule has 0 aliphatic rings. The van der Waals surface area contributed by atoms with Crippen molar-refractivity contribution in [2.45, 2.75) is 39.0 Å². The van der Waals surface area contributed by atoms with Crippen LogP contribution in [0.3, 0.4) is 0 Å². The molecular weight excluding hydrogens is 378 g/mol. The Balaban J connectivity index is 2.24. The average Bonchev–Trinajstić information content (AvgIpc) is 2.60. The minimum absolute atomic E-state index is 0.0148. The number of carbonyl (C=O) groups is 2. The second-order valence-corrected chi connectivity index (χ2v) is 8.99. The van der Waals surface area contributed by atoms with Crippen LogP contribution in [-0.4, -0.2) is 20.2 Å². The van der Waals surface area contributed by atoms with Gasteiger partial charge in [0.1, 0.15) is 0 Å². The molecule has 150 valence electrons. The van der Waals surface area contributed by atoms with Crippen molar-refractivity contribution in [1.29, 1.82) is 0 Å². The molecule has 2 amide bonds. The molecule has 0 bridgehead atoms. The predicted molar refractivity (Wildman–Crippen MR) is 110 cm³/mol. The zero-order valence-electron chi connectivity index (χ0n) is 16.4. The van der Waals surface area contributed by atoms with Gasteiger partial charge in [0, 0.05) is 22.4 Å². The van der Waals surface area contributed by atoms with Gasteiger partial charge in [-0.05, 0) is 42.3 Å². The summed E-state index contributed by atoms with van der Waals surface area (Å²) in [6, 6.07) is 11.1. The van der Waals surface area contributed by atoms with E-state index in [1.165, 1.54) is 6.07 Å². The summed E-state index contributed by atoms with van der Waals surface area (Å²) in [7, 11) is -3.90. The molecule has 0 unspecified atom stereocenters. The quantitative estimate of drug-likeness (QED) is 0.710. The Bertz CT molecular complexity index is 1010.